The van der Waals surface area contributed by atoms with Gasteiger partial charge in [-0.1, -0.05) is 36.4 Å². The van der Waals surface area contributed by atoms with Crippen molar-refractivity contribution in [2.75, 3.05) is 17.2 Å². The van der Waals surface area contributed by atoms with E-state index in [2.05, 4.69) is 12.1 Å². The SMILES string of the molecule is Nc1ccc(N)cc1.Nc1cccc2ccccc12. The molecule has 0 saturated carbocycles. The minimum atomic E-state index is 0.749. The summed E-state index contributed by atoms with van der Waals surface area (Å²) >= 11 is 0. The lowest BCUT2D eigenvalue weighted by molar-refractivity contribution is 1.67. The van der Waals surface area contributed by atoms with Gasteiger partial charge in [-0.25, -0.2) is 0 Å². The fourth-order valence-electron chi connectivity index (χ4n) is 1.75. The predicted octanol–water partition coefficient (Wildman–Crippen LogP) is 3.27. The van der Waals surface area contributed by atoms with Crippen LogP contribution in [0.4, 0.5) is 17.1 Å². The molecule has 0 fully saturated rings. The zero-order valence-corrected chi connectivity index (χ0v) is 10.6. The molecule has 0 atom stereocenters. The molecule has 0 aliphatic heterocycles. The van der Waals surface area contributed by atoms with E-state index in [1.807, 2.05) is 30.3 Å². The molecule has 3 rings (SSSR count). The molecule has 0 aromatic heterocycles. The largest absolute Gasteiger partial charge is 0.399 e. The van der Waals surface area contributed by atoms with E-state index in [4.69, 9.17) is 17.2 Å². The van der Waals surface area contributed by atoms with Gasteiger partial charge in [0.15, 0.2) is 0 Å². The lowest BCUT2D eigenvalue weighted by Gasteiger charge is -1.98. The van der Waals surface area contributed by atoms with Gasteiger partial charge in [0.05, 0.1) is 0 Å². The van der Waals surface area contributed by atoms with Crippen LogP contribution in [0.2, 0.25) is 0 Å². The van der Waals surface area contributed by atoms with E-state index in [0.717, 1.165) is 22.4 Å². The topological polar surface area (TPSA) is 78.1 Å². The smallest absolute Gasteiger partial charge is 0.0393 e. The number of benzene rings is 3. The lowest BCUT2D eigenvalue weighted by atomic mass is 10.1. The number of rotatable bonds is 0. The Morgan fingerprint density at radius 2 is 1.05 bits per heavy atom. The van der Waals surface area contributed by atoms with Gasteiger partial charge in [0.25, 0.3) is 0 Å². The lowest BCUT2D eigenvalue weighted by Crippen LogP contribution is -1.86. The molecule has 0 bridgehead atoms. The number of nitrogens with two attached hydrogens (primary N) is 3. The molecule has 3 heteroatoms. The first kappa shape index (κ1) is 12.8. The first-order chi connectivity index (χ1) is 9.16. The molecule has 0 aliphatic carbocycles. The number of nitrogen functional groups attached to an aromatic ring is 3. The normalized spacial score (nSPS) is 9.68. The van der Waals surface area contributed by atoms with E-state index in [0.29, 0.717) is 0 Å². The molecule has 0 heterocycles. The Morgan fingerprint density at radius 1 is 0.526 bits per heavy atom. The first-order valence-electron chi connectivity index (χ1n) is 6.01. The Bertz CT molecular complexity index is 634. The fourth-order valence-corrected chi connectivity index (χ4v) is 1.75. The third-order valence-corrected chi connectivity index (χ3v) is 2.76. The van der Waals surface area contributed by atoms with E-state index >= 15 is 0 Å². The van der Waals surface area contributed by atoms with Crippen LogP contribution in [0.15, 0.2) is 66.7 Å². The minimum absolute atomic E-state index is 0.749. The molecular formula is C16H17N3. The minimum Gasteiger partial charge on any atom is -0.399 e. The van der Waals surface area contributed by atoms with Crippen molar-refractivity contribution in [2.45, 2.75) is 0 Å². The summed E-state index contributed by atoms with van der Waals surface area (Å²) < 4.78 is 0. The summed E-state index contributed by atoms with van der Waals surface area (Å²) in [6.07, 6.45) is 0. The summed E-state index contributed by atoms with van der Waals surface area (Å²) in [5, 5.41) is 2.34. The molecule has 3 aromatic carbocycles. The molecule has 0 radical (unpaired) electrons. The van der Waals surface area contributed by atoms with Crippen molar-refractivity contribution in [1.29, 1.82) is 0 Å². The Kier molecular flexibility index (Phi) is 3.88. The van der Waals surface area contributed by atoms with Gasteiger partial charge in [-0.3, -0.25) is 0 Å². The van der Waals surface area contributed by atoms with Gasteiger partial charge in [0.2, 0.25) is 0 Å². The van der Waals surface area contributed by atoms with Gasteiger partial charge in [-0.05, 0) is 35.7 Å². The van der Waals surface area contributed by atoms with Crippen LogP contribution in [0.5, 0.6) is 0 Å². The summed E-state index contributed by atoms with van der Waals surface area (Å²) in [7, 11) is 0. The van der Waals surface area contributed by atoms with Crippen molar-refractivity contribution in [3.8, 4) is 0 Å². The number of anilines is 3. The third kappa shape index (κ3) is 3.39. The van der Waals surface area contributed by atoms with Crippen LogP contribution in [0, 0.1) is 0 Å². The van der Waals surface area contributed by atoms with Crippen LogP contribution >= 0.6 is 0 Å². The van der Waals surface area contributed by atoms with Crippen molar-refractivity contribution < 1.29 is 0 Å². The van der Waals surface area contributed by atoms with Crippen LogP contribution in [-0.4, -0.2) is 0 Å². The summed E-state index contributed by atoms with van der Waals surface area (Å²) in [6, 6.07) is 21.2. The highest BCUT2D eigenvalue weighted by molar-refractivity contribution is 5.92. The zero-order valence-electron chi connectivity index (χ0n) is 10.6. The van der Waals surface area contributed by atoms with E-state index in [1.165, 1.54) is 5.39 Å². The van der Waals surface area contributed by atoms with Crippen molar-refractivity contribution in [2.24, 2.45) is 0 Å². The molecule has 0 aliphatic rings. The molecule has 0 amide bonds. The molecule has 96 valence electrons. The molecule has 3 nitrogen and oxygen atoms in total. The maximum Gasteiger partial charge on any atom is 0.0393 e. The quantitative estimate of drug-likeness (QED) is 0.536. The van der Waals surface area contributed by atoms with Gasteiger partial charge in [0, 0.05) is 22.4 Å². The Morgan fingerprint density at radius 3 is 1.63 bits per heavy atom. The second kappa shape index (κ2) is 5.78. The van der Waals surface area contributed by atoms with Crippen LogP contribution in [-0.2, 0) is 0 Å². The molecule has 0 unspecified atom stereocenters. The fraction of sp³-hybridized carbons (Fsp3) is 0. The summed E-state index contributed by atoms with van der Waals surface area (Å²) in [5.41, 5.74) is 18.8. The Hall–Kier alpha value is -2.68. The number of hydrogen-bond acceptors (Lipinski definition) is 3. The first-order valence-corrected chi connectivity index (χ1v) is 6.01. The maximum atomic E-state index is 5.76. The molecule has 3 aromatic rings. The van der Waals surface area contributed by atoms with Gasteiger partial charge < -0.3 is 17.2 Å². The zero-order chi connectivity index (χ0) is 13.7. The molecule has 6 N–H and O–H groups in total. The average Bonchev–Trinajstić information content (AvgIpc) is 2.44. The standard InChI is InChI=1S/C10H9N.C6H8N2/c11-10-7-3-5-8-4-1-2-6-9(8)10;7-5-1-2-6(8)4-3-5/h1-7H,11H2;1-4H,7-8H2. The summed E-state index contributed by atoms with van der Waals surface area (Å²) in [4.78, 5) is 0. The molecule has 19 heavy (non-hydrogen) atoms. The second-order valence-corrected chi connectivity index (χ2v) is 4.24. The van der Waals surface area contributed by atoms with Crippen molar-refractivity contribution >= 4 is 27.8 Å². The van der Waals surface area contributed by atoms with Crippen molar-refractivity contribution in [1.82, 2.24) is 0 Å². The van der Waals surface area contributed by atoms with Gasteiger partial charge in [-0.2, -0.15) is 0 Å². The molecule has 0 spiro atoms. The average molecular weight is 251 g/mol. The van der Waals surface area contributed by atoms with Gasteiger partial charge in [0.1, 0.15) is 0 Å². The summed E-state index contributed by atoms with van der Waals surface area (Å²) in [5.74, 6) is 0. The van der Waals surface area contributed by atoms with E-state index in [-0.39, 0.29) is 0 Å². The number of fused-ring (bicyclic) bond motifs is 1. The van der Waals surface area contributed by atoms with Crippen LogP contribution < -0.4 is 17.2 Å². The van der Waals surface area contributed by atoms with Crippen LogP contribution in [0.3, 0.4) is 0 Å². The Balaban J connectivity index is 0.000000148. The maximum absolute atomic E-state index is 5.76. The van der Waals surface area contributed by atoms with Gasteiger partial charge in [-0.15, -0.1) is 0 Å². The molecule has 0 saturated heterocycles. The second-order valence-electron chi connectivity index (χ2n) is 4.24. The van der Waals surface area contributed by atoms with Crippen molar-refractivity contribution in [3.63, 3.8) is 0 Å². The molecular weight excluding hydrogens is 234 g/mol. The van der Waals surface area contributed by atoms with E-state index in [9.17, 15) is 0 Å². The third-order valence-electron chi connectivity index (χ3n) is 2.76. The highest BCUT2D eigenvalue weighted by Crippen LogP contribution is 2.19. The van der Waals surface area contributed by atoms with Crippen molar-refractivity contribution in [3.05, 3.63) is 66.7 Å². The van der Waals surface area contributed by atoms with E-state index in [1.54, 1.807) is 24.3 Å². The highest BCUT2D eigenvalue weighted by atomic mass is 14.6. The summed E-state index contributed by atoms with van der Waals surface area (Å²) in [6.45, 7) is 0. The van der Waals surface area contributed by atoms with Gasteiger partial charge >= 0.3 is 0 Å². The van der Waals surface area contributed by atoms with Crippen LogP contribution in [0.25, 0.3) is 10.8 Å². The Labute approximate surface area is 112 Å². The highest BCUT2D eigenvalue weighted by Gasteiger charge is 1.92. The van der Waals surface area contributed by atoms with E-state index < -0.39 is 0 Å². The number of hydrogen-bond donors (Lipinski definition) is 3. The predicted molar refractivity (Wildman–Crippen MR) is 83.6 cm³/mol. The van der Waals surface area contributed by atoms with Crippen LogP contribution in [0.1, 0.15) is 0 Å². The monoisotopic (exact) mass is 251 g/mol.